The SMILES string of the molecule is NC1CCN(C(=O)C2CC=CCC2c2nc3ccccc3s2)CC1. The van der Waals surface area contributed by atoms with Gasteiger partial charge in [0.15, 0.2) is 0 Å². The molecule has 1 aliphatic carbocycles. The van der Waals surface area contributed by atoms with Crippen LogP contribution in [-0.4, -0.2) is 34.9 Å². The molecule has 1 aromatic heterocycles. The Kier molecular flexibility index (Phi) is 4.37. The lowest BCUT2D eigenvalue weighted by Crippen LogP contribution is -2.46. The van der Waals surface area contributed by atoms with Crippen LogP contribution in [0.1, 0.15) is 36.6 Å². The van der Waals surface area contributed by atoms with E-state index in [9.17, 15) is 4.79 Å². The van der Waals surface area contributed by atoms with Gasteiger partial charge in [-0.25, -0.2) is 4.98 Å². The lowest BCUT2D eigenvalue weighted by molar-refractivity contribution is -0.137. The monoisotopic (exact) mass is 341 g/mol. The molecule has 2 aromatic rings. The van der Waals surface area contributed by atoms with Gasteiger partial charge in [0.2, 0.25) is 5.91 Å². The molecule has 0 spiro atoms. The smallest absolute Gasteiger partial charge is 0.226 e. The summed E-state index contributed by atoms with van der Waals surface area (Å²) in [6, 6.07) is 8.48. The highest BCUT2D eigenvalue weighted by Crippen LogP contribution is 2.39. The van der Waals surface area contributed by atoms with Crippen molar-refractivity contribution in [2.24, 2.45) is 11.7 Å². The summed E-state index contributed by atoms with van der Waals surface area (Å²) in [7, 11) is 0. The summed E-state index contributed by atoms with van der Waals surface area (Å²) < 4.78 is 1.21. The fourth-order valence-corrected chi connectivity index (χ4v) is 4.91. The molecule has 0 saturated carbocycles. The second kappa shape index (κ2) is 6.65. The minimum absolute atomic E-state index is 0.0184. The van der Waals surface area contributed by atoms with E-state index in [1.165, 1.54) is 4.70 Å². The summed E-state index contributed by atoms with van der Waals surface area (Å²) >= 11 is 1.74. The number of hydrogen-bond acceptors (Lipinski definition) is 4. The van der Waals surface area contributed by atoms with Gasteiger partial charge in [0.25, 0.3) is 0 Å². The Balaban J connectivity index is 1.59. The Bertz CT molecular complexity index is 728. The Morgan fingerprint density at radius 2 is 1.92 bits per heavy atom. The van der Waals surface area contributed by atoms with Crippen molar-refractivity contribution in [1.29, 1.82) is 0 Å². The van der Waals surface area contributed by atoms with Crippen molar-refractivity contribution in [3.63, 3.8) is 0 Å². The maximum absolute atomic E-state index is 13.1. The van der Waals surface area contributed by atoms with Crippen LogP contribution in [0.4, 0.5) is 0 Å². The van der Waals surface area contributed by atoms with E-state index in [0.29, 0.717) is 0 Å². The quantitative estimate of drug-likeness (QED) is 0.853. The van der Waals surface area contributed by atoms with Crippen LogP contribution in [0.2, 0.25) is 0 Å². The van der Waals surface area contributed by atoms with Gasteiger partial charge in [-0.15, -0.1) is 11.3 Å². The molecule has 1 aromatic carbocycles. The van der Waals surface area contributed by atoms with Crippen LogP contribution in [0.25, 0.3) is 10.2 Å². The summed E-state index contributed by atoms with van der Waals surface area (Å²) in [6.45, 7) is 1.60. The van der Waals surface area contributed by atoms with Gasteiger partial charge >= 0.3 is 0 Å². The van der Waals surface area contributed by atoms with Gasteiger partial charge in [-0.05, 0) is 37.8 Å². The van der Waals surface area contributed by atoms with Gasteiger partial charge in [-0.2, -0.15) is 0 Å². The lowest BCUT2D eigenvalue weighted by atomic mass is 9.82. The van der Waals surface area contributed by atoms with Crippen LogP contribution in [0, 0.1) is 5.92 Å². The zero-order valence-corrected chi connectivity index (χ0v) is 14.5. The maximum atomic E-state index is 13.1. The van der Waals surface area contributed by atoms with E-state index < -0.39 is 0 Å². The first-order chi connectivity index (χ1) is 11.7. The minimum atomic E-state index is 0.0184. The fourth-order valence-electron chi connectivity index (χ4n) is 3.76. The number of fused-ring (bicyclic) bond motifs is 1. The number of likely N-dealkylation sites (tertiary alicyclic amines) is 1. The maximum Gasteiger partial charge on any atom is 0.226 e. The van der Waals surface area contributed by atoms with Crippen LogP contribution in [0.5, 0.6) is 0 Å². The number of carbonyl (C=O) groups is 1. The molecule has 1 amide bonds. The van der Waals surface area contributed by atoms with Gasteiger partial charge in [0.05, 0.1) is 21.1 Å². The third-order valence-electron chi connectivity index (χ3n) is 5.23. The van der Waals surface area contributed by atoms with Crippen molar-refractivity contribution in [3.05, 3.63) is 41.4 Å². The molecule has 2 atom stereocenters. The topological polar surface area (TPSA) is 59.2 Å². The number of nitrogens with zero attached hydrogens (tertiary/aromatic N) is 2. The highest BCUT2D eigenvalue weighted by atomic mass is 32.1. The number of para-hydroxylation sites is 1. The summed E-state index contributed by atoms with van der Waals surface area (Å²) in [5.41, 5.74) is 7.02. The predicted molar refractivity (Wildman–Crippen MR) is 98.0 cm³/mol. The first kappa shape index (κ1) is 15.8. The zero-order chi connectivity index (χ0) is 16.5. The number of benzene rings is 1. The van der Waals surface area contributed by atoms with Crippen LogP contribution in [0.3, 0.4) is 0 Å². The molecule has 2 aliphatic rings. The first-order valence-electron chi connectivity index (χ1n) is 8.77. The number of hydrogen-bond donors (Lipinski definition) is 1. The van der Waals surface area contributed by atoms with Crippen molar-refractivity contribution < 1.29 is 4.79 Å². The molecule has 0 bridgehead atoms. The Morgan fingerprint density at radius 1 is 1.17 bits per heavy atom. The summed E-state index contributed by atoms with van der Waals surface area (Å²) in [4.78, 5) is 19.9. The minimum Gasteiger partial charge on any atom is -0.342 e. The molecule has 2 N–H and O–H groups in total. The molecule has 4 nitrogen and oxygen atoms in total. The predicted octanol–water partition coefficient (Wildman–Crippen LogP) is 3.30. The molecule has 24 heavy (non-hydrogen) atoms. The van der Waals surface area contributed by atoms with Gasteiger partial charge in [-0.3, -0.25) is 4.79 Å². The summed E-state index contributed by atoms with van der Waals surface area (Å²) in [5, 5.41) is 1.10. The largest absolute Gasteiger partial charge is 0.342 e. The third kappa shape index (κ3) is 2.98. The van der Waals surface area contributed by atoms with Crippen LogP contribution >= 0.6 is 11.3 Å². The second-order valence-electron chi connectivity index (χ2n) is 6.84. The van der Waals surface area contributed by atoms with E-state index >= 15 is 0 Å². The standard InChI is InChI=1S/C19H23N3OS/c20-13-9-11-22(12-10-13)19(23)15-6-2-1-5-14(15)18-21-16-7-3-4-8-17(16)24-18/h1-4,7-8,13-15H,5-6,9-12,20H2. The Morgan fingerprint density at radius 3 is 2.71 bits per heavy atom. The van der Waals surface area contributed by atoms with Crippen molar-refractivity contribution in [3.8, 4) is 0 Å². The Labute approximate surface area is 146 Å². The Hall–Kier alpha value is -1.72. The number of nitrogens with two attached hydrogens (primary N) is 1. The highest BCUT2D eigenvalue weighted by Gasteiger charge is 2.35. The number of piperidine rings is 1. The third-order valence-corrected chi connectivity index (χ3v) is 6.40. The normalized spacial score (nSPS) is 25.3. The van der Waals surface area contributed by atoms with Gasteiger partial charge in [-0.1, -0.05) is 24.3 Å². The average molecular weight is 341 g/mol. The molecule has 0 radical (unpaired) electrons. The average Bonchev–Trinajstić information content (AvgIpc) is 3.06. The summed E-state index contributed by atoms with van der Waals surface area (Å²) in [5.74, 6) is 0.510. The van der Waals surface area contributed by atoms with Crippen molar-refractivity contribution in [2.75, 3.05) is 13.1 Å². The second-order valence-corrected chi connectivity index (χ2v) is 7.90. The summed E-state index contributed by atoms with van der Waals surface area (Å²) in [6.07, 6.45) is 7.92. The first-order valence-corrected chi connectivity index (χ1v) is 9.59. The van der Waals surface area contributed by atoms with Gasteiger partial charge in [0, 0.05) is 25.0 Å². The molecule has 4 rings (SSSR count). The number of amides is 1. The number of thiazole rings is 1. The van der Waals surface area contributed by atoms with Crippen molar-refractivity contribution in [2.45, 2.75) is 37.6 Å². The van der Waals surface area contributed by atoms with Crippen LogP contribution in [-0.2, 0) is 4.79 Å². The van der Waals surface area contributed by atoms with Crippen molar-refractivity contribution >= 4 is 27.5 Å². The van der Waals surface area contributed by atoms with Crippen LogP contribution in [0.15, 0.2) is 36.4 Å². The number of aromatic nitrogens is 1. The van der Waals surface area contributed by atoms with E-state index in [4.69, 9.17) is 10.7 Å². The molecule has 1 fully saturated rings. The van der Waals surface area contributed by atoms with Gasteiger partial charge < -0.3 is 10.6 Å². The molecule has 2 heterocycles. The molecular weight excluding hydrogens is 318 g/mol. The lowest BCUT2D eigenvalue weighted by Gasteiger charge is -2.35. The number of allylic oxidation sites excluding steroid dienone is 2. The van der Waals surface area contributed by atoms with Crippen LogP contribution < -0.4 is 5.73 Å². The van der Waals surface area contributed by atoms with Crippen molar-refractivity contribution in [1.82, 2.24) is 9.88 Å². The van der Waals surface area contributed by atoms with E-state index in [2.05, 4.69) is 24.3 Å². The molecule has 126 valence electrons. The van der Waals surface area contributed by atoms with Gasteiger partial charge in [0.1, 0.15) is 0 Å². The van der Waals surface area contributed by atoms with E-state index in [1.807, 2.05) is 17.0 Å². The molecule has 1 saturated heterocycles. The molecule has 1 aliphatic heterocycles. The molecular formula is C19H23N3OS. The molecule has 5 heteroatoms. The molecule has 2 unspecified atom stereocenters. The highest BCUT2D eigenvalue weighted by molar-refractivity contribution is 7.18. The number of rotatable bonds is 2. The van der Waals surface area contributed by atoms with E-state index in [-0.39, 0.29) is 23.8 Å². The van der Waals surface area contributed by atoms with E-state index in [1.54, 1.807) is 11.3 Å². The zero-order valence-electron chi connectivity index (χ0n) is 13.7. The number of carbonyl (C=O) groups excluding carboxylic acids is 1. The van der Waals surface area contributed by atoms with E-state index in [0.717, 1.165) is 49.3 Å². The fraction of sp³-hybridized carbons (Fsp3) is 0.474.